The molecule has 0 heterocycles. The van der Waals surface area contributed by atoms with E-state index in [0.29, 0.717) is 6.29 Å². The topological polar surface area (TPSA) is 55.4 Å². The number of hydrogen-bond acceptors (Lipinski definition) is 3. The van der Waals surface area contributed by atoms with Crippen molar-refractivity contribution in [2.45, 2.75) is 20.0 Å². The zero-order chi connectivity index (χ0) is 8.85. The van der Waals surface area contributed by atoms with Crippen molar-refractivity contribution in [1.82, 2.24) is 5.32 Å². The molecule has 64 valence electrons. The molecule has 0 saturated carbocycles. The molecule has 0 aliphatic heterocycles. The van der Waals surface area contributed by atoms with Crippen LogP contribution < -0.4 is 5.32 Å². The average molecular weight is 159 g/mol. The van der Waals surface area contributed by atoms with Crippen LogP contribution in [-0.4, -0.2) is 25.5 Å². The summed E-state index contributed by atoms with van der Waals surface area (Å²) in [7, 11) is 1.45. The molecule has 0 aromatic rings. The molecule has 4 heteroatoms. The summed E-state index contributed by atoms with van der Waals surface area (Å²) in [5, 5.41) is 2.26. The lowest BCUT2D eigenvalue weighted by molar-refractivity contribution is -0.116. The number of nitrogens with one attached hydrogen (secondary N) is 1. The molecular formula is C7H13NO3. The Bertz CT molecular complexity index is 145. The van der Waals surface area contributed by atoms with Gasteiger partial charge in [-0.15, -0.1) is 0 Å². The quantitative estimate of drug-likeness (QED) is 0.612. The van der Waals surface area contributed by atoms with Crippen LogP contribution >= 0.6 is 0 Å². The van der Waals surface area contributed by atoms with E-state index in [1.54, 1.807) is 0 Å². The van der Waals surface area contributed by atoms with Gasteiger partial charge in [0.1, 0.15) is 0 Å². The van der Waals surface area contributed by atoms with Crippen molar-refractivity contribution < 1.29 is 14.3 Å². The molecule has 0 saturated heterocycles. The summed E-state index contributed by atoms with van der Waals surface area (Å²) in [6.45, 7) is 3.62. The summed E-state index contributed by atoms with van der Waals surface area (Å²) >= 11 is 0. The van der Waals surface area contributed by atoms with E-state index in [9.17, 15) is 9.59 Å². The summed E-state index contributed by atoms with van der Waals surface area (Å²) in [5.74, 6) is 0.0183. The number of carbonyl (C=O) groups is 2. The molecule has 0 aliphatic rings. The maximum atomic E-state index is 10.6. The van der Waals surface area contributed by atoms with Gasteiger partial charge in [-0.1, -0.05) is 13.8 Å². The summed E-state index contributed by atoms with van der Waals surface area (Å²) < 4.78 is 4.69. The zero-order valence-electron chi connectivity index (χ0n) is 6.96. The Labute approximate surface area is 65.9 Å². The maximum Gasteiger partial charge on any atom is 0.407 e. The SMILES string of the molecule is CNC(=O)O[C@H](C=O)C(C)C. The van der Waals surface area contributed by atoms with Crippen LogP contribution in [0.4, 0.5) is 4.79 Å². The van der Waals surface area contributed by atoms with Crippen LogP contribution in [0.1, 0.15) is 13.8 Å². The van der Waals surface area contributed by atoms with Crippen LogP contribution in [0.25, 0.3) is 0 Å². The maximum absolute atomic E-state index is 10.6. The third-order valence-corrected chi connectivity index (χ3v) is 1.24. The van der Waals surface area contributed by atoms with Gasteiger partial charge in [0.25, 0.3) is 0 Å². The van der Waals surface area contributed by atoms with E-state index < -0.39 is 12.2 Å². The van der Waals surface area contributed by atoms with Crippen LogP contribution in [0, 0.1) is 5.92 Å². The normalized spacial score (nSPS) is 12.4. The Hall–Kier alpha value is -1.06. The molecule has 0 aromatic carbocycles. The Balaban J connectivity index is 3.87. The van der Waals surface area contributed by atoms with Crippen molar-refractivity contribution in [3.05, 3.63) is 0 Å². The van der Waals surface area contributed by atoms with Gasteiger partial charge < -0.3 is 10.1 Å². The summed E-state index contributed by atoms with van der Waals surface area (Å²) in [5.41, 5.74) is 0. The number of amides is 1. The van der Waals surface area contributed by atoms with Gasteiger partial charge >= 0.3 is 6.09 Å². The van der Waals surface area contributed by atoms with Crippen molar-refractivity contribution in [1.29, 1.82) is 0 Å². The van der Waals surface area contributed by atoms with Gasteiger partial charge in [0.2, 0.25) is 0 Å². The Morgan fingerprint density at radius 1 is 1.55 bits per heavy atom. The van der Waals surface area contributed by atoms with Crippen molar-refractivity contribution in [3.63, 3.8) is 0 Å². The van der Waals surface area contributed by atoms with Crippen molar-refractivity contribution in [2.24, 2.45) is 5.92 Å². The minimum Gasteiger partial charge on any atom is -0.438 e. The number of hydrogen-bond donors (Lipinski definition) is 1. The molecule has 0 aliphatic carbocycles. The zero-order valence-corrected chi connectivity index (χ0v) is 6.96. The minimum absolute atomic E-state index is 0.0183. The van der Waals surface area contributed by atoms with Gasteiger partial charge in [-0.3, -0.25) is 4.79 Å². The number of rotatable bonds is 3. The van der Waals surface area contributed by atoms with E-state index in [-0.39, 0.29) is 5.92 Å². The standard InChI is InChI=1S/C7H13NO3/c1-5(2)6(4-9)11-7(10)8-3/h4-6H,1-3H3,(H,8,10)/t6-/m1/s1. The Morgan fingerprint density at radius 2 is 2.09 bits per heavy atom. The molecule has 1 atom stereocenters. The van der Waals surface area contributed by atoms with Gasteiger partial charge in [-0.25, -0.2) is 4.79 Å². The number of aldehydes is 1. The molecule has 0 radical (unpaired) electrons. The highest BCUT2D eigenvalue weighted by atomic mass is 16.6. The fourth-order valence-corrected chi connectivity index (χ4v) is 0.504. The molecule has 0 bridgehead atoms. The van der Waals surface area contributed by atoms with Crippen LogP contribution in [-0.2, 0) is 9.53 Å². The molecular weight excluding hydrogens is 146 g/mol. The molecule has 1 N–H and O–H groups in total. The first kappa shape index (κ1) is 9.94. The molecule has 0 aromatic heterocycles. The van der Waals surface area contributed by atoms with Crippen LogP contribution in [0.3, 0.4) is 0 Å². The highest BCUT2D eigenvalue weighted by Gasteiger charge is 2.15. The van der Waals surface area contributed by atoms with E-state index in [2.05, 4.69) is 5.32 Å². The minimum atomic E-state index is -0.644. The number of carbonyl (C=O) groups excluding carboxylic acids is 2. The van der Waals surface area contributed by atoms with Crippen molar-refractivity contribution in [2.75, 3.05) is 7.05 Å². The predicted molar refractivity (Wildman–Crippen MR) is 40.2 cm³/mol. The third-order valence-electron chi connectivity index (χ3n) is 1.24. The summed E-state index contributed by atoms with van der Waals surface area (Å²) in [6, 6.07) is 0. The Morgan fingerprint density at radius 3 is 2.36 bits per heavy atom. The molecule has 4 nitrogen and oxygen atoms in total. The van der Waals surface area contributed by atoms with Crippen LogP contribution in [0.2, 0.25) is 0 Å². The smallest absolute Gasteiger partial charge is 0.407 e. The highest BCUT2D eigenvalue weighted by Crippen LogP contribution is 2.03. The average Bonchev–Trinajstić information content (AvgIpc) is 1.99. The highest BCUT2D eigenvalue weighted by molar-refractivity contribution is 5.70. The summed E-state index contributed by atoms with van der Waals surface area (Å²) in [4.78, 5) is 20.9. The van der Waals surface area contributed by atoms with Crippen LogP contribution in [0.15, 0.2) is 0 Å². The molecule has 0 fully saturated rings. The first-order valence-electron chi connectivity index (χ1n) is 3.45. The van der Waals surface area contributed by atoms with Gasteiger partial charge in [0.05, 0.1) is 0 Å². The van der Waals surface area contributed by atoms with Gasteiger partial charge in [0, 0.05) is 7.05 Å². The largest absolute Gasteiger partial charge is 0.438 e. The number of ether oxygens (including phenoxy) is 1. The molecule has 11 heavy (non-hydrogen) atoms. The van der Waals surface area contributed by atoms with E-state index >= 15 is 0 Å². The predicted octanol–water partition coefficient (Wildman–Crippen LogP) is 0.566. The molecule has 0 unspecified atom stereocenters. The molecule has 0 spiro atoms. The van der Waals surface area contributed by atoms with E-state index in [1.807, 2.05) is 13.8 Å². The lowest BCUT2D eigenvalue weighted by atomic mass is 10.1. The third kappa shape index (κ3) is 3.60. The second-order valence-corrected chi connectivity index (χ2v) is 2.50. The summed E-state index contributed by atoms with van der Waals surface area (Å²) in [6.07, 6.45) is -0.592. The molecule has 0 rings (SSSR count). The lowest BCUT2D eigenvalue weighted by Crippen LogP contribution is -2.30. The van der Waals surface area contributed by atoms with Gasteiger partial charge in [0.15, 0.2) is 12.4 Å². The van der Waals surface area contributed by atoms with Gasteiger partial charge in [-0.2, -0.15) is 0 Å². The fourth-order valence-electron chi connectivity index (χ4n) is 0.504. The monoisotopic (exact) mass is 159 g/mol. The second-order valence-electron chi connectivity index (χ2n) is 2.50. The lowest BCUT2D eigenvalue weighted by Gasteiger charge is -2.14. The van der Waals surface area contributed by atoms with E-state index in [1.165, 1.54) is 7.05 Å². The van der Waals surface area contributed by atoms with E-state index in [0.717, 1.165) is 0 Å². The second kappa shape index (κ2) is 4.71. The fraction of sp³-hybridized carbons (Fsp3) is 0.714. The first-order chi connectivity index (χ1) is 5.11. The van der Waals surface area contributed by atoms with Crippen LogP contribution in [0.5, 0.6) is 0 Å². The van der Waals surface area contributed by atoms with Gasteiger partial charge in [-0.05, 0) is 5.92 Å². The number of alkyl carbamates (subject to hydrolysis) is 1. The van der Waals surface area contributed by atoms with Crippen molar-refractivity contribution in [3.8, 4) is 0 Å². The first-order valence-corrected chi connectivity index (χ1v) is 3.45. The Kier molecular flexibility index (Phi) is 4.26. The molecule has 1 amide bonds. The van der Waals surface area contributed by atoms with Crippen molar-refractivity contribution >= 4 is 12.4 Å². The van der Waals surface area contributed by atoms with E-state index in [4.69, 9.17) is 4.74 Å².